The Morgan fingerprint density at radius 1 is 1.33 bits per heavy atom. The molecule has 0 aliphatic heterocycles. The molecule has 0 bridgehead atoms. The Labute approximate surface area is 92.3 Å². The van der Waals surface area contributed by atoms with Gasteiger partial charge in [0.25, 0.3) is 0 Å². The molecule has 1 amide bonds. The van der Waals surface area contributed by atoms with E-state index in [0.717, 1.165) is 31.4 Å². The van der Waals surface area contributed by atoms with Gasteiger partial charge in [-0.2, -0.15) is 5.10 Å². The molecule has 3 heteroatoms. The summed E-state index contributed by atoms with van der Waals surface area (Å²) in [4.78, 5) is 11.7. The maximum atomic E-state index is 11.7. The van der Waals surface area contributed by atoms with Crippen molar-refractivity contribution in [3.05, 3.63) is 0 Å². The zero-order valence-electron chi connectivity index (χ0n) is 9.88. The molecule has 3 nitrogen and oxygen atoms in total. The van der Waals surface area contributed by atoms with Crippen molar-refractivity contribution < 1.29 is 4.79 Å². The van der Waals surface area contributed by atoms with Crippen LogP contribution in [-0.2, 0) is 4.79 Å². The lowest BCUT2D eigenvalue weighted by molar-refractivity contribution is -0.125. The van der Waals surface area contributed by atoms with Gasteiger partial charge in [0, 0.05) is 11.6 Å². The summed E-state index contributed by atoms with van der Waals surface area (Å²) in [5.41, 5.74) is 3.70. The van der Waals surface area contributed by atoms with Crippen molar-refractivity contribution in [3.63, 3.8) is 0 Å². The molecule has 86 valence electrons. The first-order valence-corrected chi connectivity index (χ1v) is 6.07. The van der Waals surface area contributed by atoms with E-state index in [1.165, 1.54) is 19.3 Å². The van der Waals surface area contributed by atoms with Gasteiger partial charge in [0.1, 0.15) is 0 Å². The molecule has 0 atom stereocenters. The van der Waals surface area contributed by atoms with Gasteiger partial charge in [-0.25, -0.2) is 5.43 Å². The number of nitrogens with one attached hydrogen (secondary N) is 1. The highest BCUT2D eigenvalue weighted by Crippen LogP contribution is 2.23. The fourth-order valence-corrected chi connectivity index (χ4v) is 2.02. The monoisotopic (exact) mass is 210 g/mol. The smallest absolute Gasteiger partial charge is 0.243 e. The summed E-state index contributed by atoms with van der Waals surface area (Å²) >= 11 is 0. The highest BCUT2D eigenvalue weighted by molar-refractivity contribution is 5.85. The predicted octanol–water partition coefficient (Wildman–Crippen LogP) is 2.86. The minimum absolute atomic E-state index is 0.116. The zero-order valence-corrected chi connectivity index (χ0v) is 9.88. The molecular formula is C12H22N2O. The number of carbonyl (C=O) groups excluding carboxylic acids is 1. The maximum Gasteiger partial charge on any atom is 0.243 e. The summed E-state index contributed by atoms with van der Waals surface area (Å²) in [6.45, 7) is 4.08. The van der Waals surface area contributed by atoms with Crippen molar-refractivity contribution in [3.8, 4) is 0 Å². The molecule has 1 saturated carbocycles. The third kappa shape index (κ3) is 4.45. The maximum absolute atomic E-state index is 11.7. The summed E-state index contributed by atoms with van der Waals surface area (Å²) in [5, 5.41) is 4.11. The molecule has 0 aromatic rings. The van der Waals surface area contributed by atoms with E-state index in [1.807, 2.05) is 6.92 Å². The van der Waals surface area contributed by atoms with Gasteiger partial charge in [0.2, 0.25) is 5.91 Å². The molecule has 1 fully saturated rings. The van der Waals surface area contributed by atoms with Gasteiger partial charge in [-0.05, 0) is 26.2 Å². The zero-order chi connectivity index (χ0) is 11.1. The summed E-state index contributed by atoms with van der Waals surface area (Å²) in [6.07, 6.45) is 7.77. The molecule has 1 aliphatic rings. The molecule has 0 saturated heterocycles. The van der Waals surface area contributed by atoms with Crippen LogP contribution in [0.25, 0.3) is 0 Å². The van der Waals surface area contributed by atoms with Crippen LogP contribution in [-0.4, -0.2) is 11.6 Å². The quantitative estimate of drug-likeness (QED) is 0.562. The number of amides is 1. The van der Waals surface area contributed by atoms with E-state index < -0.39 is 0 Å². The lowest BCUT2D eigenvalue weighted by Gasteiger charge is -2.19. The Morgan fingerprint density at radius 3 is 2.60 bits per heavy atom. The van der Waals surface area contributed by atoms with Gasteiger partial charge in [0.05, 0.1) is 0 Å². The van der Waals surface area contributed by atoms with Crippen LogP contribution in [0, 0.1) is 5.92 Å². The van der Waals surface area contributed by atoms with E-state index in [0.29, 0.717) is 0 Å². The van der Waals surface area contributed by atoms with E-state index in [2.05, 4.69) is 17.5 Å². The van der Waals surface area contributed by atoms with E-state index in [9.17, 15) is 4.79 Å². The van der Waals surface area contributed by atoms with Crippen molar-refractivity contribution in [2.75, 3.05) is 0 Å². The Bertz CT molecular complexity index is 230. The van der Waals surface area contributed by atoms with Crippen molar-refractivity contribution >= 4 is 11.6 Å². The van der Waals surface area contributed by atoms with Crippen LogP contribution in [0.1, 0.15) is 58.8 Å². The first-order valence-electron chi connectivity index (χ1n) is 6.07. The van der Waals surface area contributed by atoms with Crippen LogP contribution in [0.3, 0.4) is 0 Å². The highest BCUT2D eigenvalue weighted by Gasteiger charge is 2.20. The SMILES string of the molecule is CCC/C(C)=N/NC(=O)C1CCCCC1. The summed E-state index contributed by atoms with van der Waals surface area (Å²) in [6, 6.07) is 0. The van der Waals surface area contributed by atoms with Crippen LogP contribution >= 0.6 is 0 Å². The van der Waals surface area contributed by atoms with Gasteiger partial charge in [-0.15, -0.1) is 0 Å². The number of rotatable bonds is 4. The number of carbonyl (C=O) groups is 1. The van der Waals surface area contributed by atoms with Crippen LogP contribution in [0.15, 0.2) is 5.10 Å². The predicted molar refractivity (Wildman–Crippen MR) is 62.7 cm³/mol. The number of nitrogens with zero attached hydrogens (tertiary/aromatic N) is 1. The molecule has 0 radical (unpaired) electrons. The van der Waals surface area contributed by atoms with Gasteiger partial charge in [-0.1, -0.05) is 32.6 Å². The number of hydrogen-bond acceptors (Lipinski definition) is 2. The molecule has 1 aliphatic carbocycles. The van der Waals surface area contributed by atoms with Gasteiger partial charge in [0.15, 0.2) is 0 Å². The Balaban J connectivity index is 2.31. The number of hydrogen-bond donors (Lipinski definition) is 1. The molecule has 0 unspecified atom stereocenters. The summed E-state index contributed by atoms with van der Waals surface area (Å²) < 4.78 is 0. The standard InChI is InChI=1S/C12H22N2O/c1-3-7-10(2)13-14-12(15)11-8-5-4-6-9-11/h11H,3-9H2,1-2H3,(H,14,15)/b13-10+. The third-order valence-electron chi connectivity index (χ3n) is 2.94. The largest absolute Gasteiger partial charge is 0.273 e. The fraction of sp³-hybridized carbons (Fsp3) is 0.833. The van der Waals surface area contributed by atoms with E-state index in [4.69, 9.17) is 0 Å². The van der Waals surface area contributed by atoms with Crippen LogP contribution in [0.2, 0.25) is 0 Å². The molecule has 1 N–H and O–H groups in total. The minimum Gasteiger partial charge on any atom is -0.273 e. The number of hydrazone groups is 1. The van der Waals surface area contributed by atoms with Crippen LogP contribution in [0.4, 0.5) is 0 Å². The second-order valence-corrected chi connectivity index (χ2v) is 4.41. The van der Waals surface area contributed by atoms with Crippen molar-refractivity contribution in [2.45, 2.75) is 58.8 Å². The minimum atomic E-state index is 0.116. The van der Waals surface area contributed by atoms with Crippen molar-refractivity contribution in [1.82, 2.24) is 5.43 Å². The van der Waals surface area contributed by atoms with Crippen molar-refractivity contribution in [1.29, 1.82) is 0 Å². The molecule has 0 spiro atoms. The normalized spacial score (nSPS) is 18.9. The lowest BCUT2D eigenvalue weighted by atomic mass is 9.89. The highest BCUT2D eigenvalue weighted by atomic mass is 16.2. The van der Waals surface area contributed by atoms with Gasteiger partial charge >= 0.3 is 0 Å². The Morgan fingerprint density at radius 2 is 2.00 bits per heavy atom. The second kappa shape index (κ2) is 6.59. The average Bonchev–Trinajstić information content (AvgIpc) is 2.27. The van der Waals surface area contributed by atoms with E-state index >= 15 is 0 Å². The average molecular weight is 210 g/mol. The Hall–Kier alpha value is -0.860. The lowest BCUT2D eigenvalue weighted by Crippen LogP contribution is -2.29. The molecule has 0 aromatic carbocycles. The van der Waals surface area contributed by atoms with Crippen LogP contribution in [0.5, 0.6) is 0 Å². The fourth-order valence-electron chi connectivity index (χ4n) is 2.02. The van der Waals surface area contributed by atoms with Crippen molar-refractivity contribution in [2.24, 2.45) is 11.0 Å². The summed E-state index contributed by atoms with van der Waals surface area (Å²) in [7, 11) is 0. The second-order valence-electron chi connectivity index (χ2n) is 4.41. The first-order chi connectivity index (χ1) is 7.24. The third-order valence-corrected chi connectivity index (χ3v) is 2.94. The molecular weight excluding hydrogens is 188 g/mol. The van der Waals surface area contributed by atoms with Gasteiger partial charge in [-0.3, -0.25) is 4.79 Å². The summed E-state index contributed by atoms with van der Waals surface area (Å²) in [5.74, 6) is 0.321. The Kier molecular flexibility index (Phi) is 5.37. The van der Waals surface area contributed by atoms with E-state index in [1.54, 1.807) is 0 Å². The topological polar surface area (TPSA) is 41.5 Å². The molecule has 15 heavy (non-hydrogen) atoms. The van der Waals surface area contributed by atoms with E-state index in [-0.39, 0.29) is 11.8 Å². The molecule has 0 aromatic heterocycles. The molecule has 0 heterocycles. The molecule has 1 rings (SSSR count). The van der Waals surface area contributed by atoms with Gasteiger partial charge < -0.3 is 0 Å². The van der Waals surface area contributed by atoms with Crippen LogP contribution < -0.4 is 5.43 Å². The first kappa shape index (κ1) is 12.2.